The van der Waals surface area contributed by atoms with Crippen LogP contribution < -0.4 is 0 Å². The summed E-state index contributed by atoms with van der Waals surface area (Å²) in [7, 11) is 0. The van der Waals surface area contributed by atoms with Crippen LogP contribution in [0.3, 0.4) is 0 Å². The molecular formula is C22H14Zn. The Labute approximate surface area is 152 Å². The molecular weight excluding hydrogens is 330 g/mol. The molecule has 104 valence electrons. The van der Waals surface area contributed by atoms with Crippen molar-refractivity contribution in [3.8, 4) is 35.5 Å². The molecule has 0 aromatic heterocycles. The number of aryl methyl sites for hydroxylation is 2. The average molecular weight is 344 g/mol. The minimum absolute atomic E-state index is 0. The molecule has 0 saturated heterocycles. The number of hydrogen-bond acceptors (Lipinski definition) is 0. The summed E-state index contributed by atoms with van der Waals surface area (Å²) in [5.41, 5.74) is 4.29. The Morgan fingerprint density at radius 2 is 0.913 bits per heavy atom. The van der Waals surface area contributed by atoms with Crippen LogP contribution in [0.5, 0.6) is 0 Å². The molecule has 2 aromatic rings. The van der Waals surface area contributed by atoms with Crippen molar-refractivity contribution in [1.82, 2.24) is 0 Å². The maximum Gasteiger partial charge on any atom is 2.00 e. The topological polar surface area (TPSA) is 0 Å². The predicted molar refractivity (Wildman–Crippen MR) is 90.4 cm³/mol. The van der Waals surface area contributed by atoms with Crippen molar-refractivity contribution in [3.63, 3.8) is 0 Å². The summed E-state index contributed by atoms with van der Waals surface area (Å²) in [4.78, 5) is 0. The second kappa shape index (κ2) is 11.9. The summed E-state index contributed by atoms with van der Waals surface area (Å²) in [6.45, 7) is 4.06. The van der Waals surface area contributed by atoms with E-state index in [1.807, 2.05) is 74.2 Å². The molecule has 0 aliphatic heterocycles. The molecule has 0 heterocycles. The predicted octanol–water partition coefficient (Wildman–Crippen LogP) is 3.87. The third kappa shape index (κ3) is 9.03. The van der Waals surface area contributed by atoms with E-state index in [9.17, 15) is 0 Å². The summed E-state index contributed by atoms with van der Waals surface area (Å²) < 4.78 is 0. The van der Waals surface area contributed by atoms with Crippen LogP contribution in [0, 0.1) is 62.2 Å². The largest absolute Gasteiger partial charge is 2.00 e. The summed E-state index contributed by atoms with van der Waals surface area (Å²) in [5, 5.41) is 0. The molecule has 0 nitrogen and oxygen atoms in total. The standard InChI is InChI=1S/2C11H7.Zn/c2*1-3-4-5-11-8-6-10(2)7-9-11;/h2*6-9H,2H3;/q2*-1;+2. The van der Waals surface area contributed by atoms with Gasteiger partial charge in [0.05, 0.1) is 0 Å². The van der Waals surface area contributed by atoms with Crippen LogP contribution >= 0.6 is 0 Å². The SMILES string of the molecule is [C-]#CC#Cc1ccc(C)cc1.[C-]#CC#Cc1ccc(C)cc1.[Zn+2]. The second-order valence-electron chi connectivity index (χ2n) is 4.48. The first-order valence-corrected chi connectivity index (χ1v) is 6.64. The van der Waals surface area contributed by atoms with Crippen LogP contribution in [0.25, 0.3) is 0 Å². The van der Waals surface area contributed by atoms with E-state index in [0.717, 1.165) is 11.1 Å². The van der Waals surface area contributed by atoms with Crippen LogP contribution in [0.2, 0.25) is 0 Å². The van der Waals surface area contributed by atoms with Crippen LogP contribution in [0.4, 0.5) is 0 Å². The molecule has 0 atom stereocenters. The van der Waals surface area contributed by atoms with E-state index in [0.29, 0.717) is 0 Å². The Kier molecular flexibility index (Phi) is 10.5. The van der Waals surface area contributed by atoms with Gasteiger partial charge in [-0.15, -0.1) is 0 Å². The Hall–Kier alpha value is -2.70. The summed E-state index contributed by atoms with van der Waals surface area (Å²) >= 11 is 0. The molecule has 0 bridgehead atoms. The number of hydrogen-bond donors (Lipinski definition) is 0. The van der Waals surface area contributed by atoms with Crippen LogP contribution in [0.1, 0.15) is 22.3 Å². The van der Waals surface area contributed by atoms with E-state index in [2.05, 4.69) is 23.7 Å². The number of rotatable bonds is 0. The van der Waals surface area contributed by atoms with Gasteiger partial charge in [-0.3, -0.25) is 11.8 Å². The van der Waals surface area contributed by atoms with E-state index >= 15 is 0 Å². The van der Waals surface area contributed by atoms with Crippen LogP contribution in [-0.4, -0.2) is 0 Å². The van der Waals surface area contributed by atoms with Gasteiger partial charge in [-0.25, -0.2) is 11.8 Å². The zero-order valence-corrected chi connectivity index (χ0v) is 16.3. The molecule has 1 heteroatoms. The molecule has 2 rings (SSSR count). The molecule has 23 heavy (non-hydrogen) atoms. The van der Waals surface area contributed by atoms with Gasteiger partial charge >= 0.3 is 19.5 Å². The van der Waals surface area contributed by atoms with Gasteiger partial charge in [-0.05, 0) is 38.1 Å². The normalized spacial score (nSPS) is 7.30. The van der Waals surface area contributed by atoms with E-state index in [4.69, 9.17) is 12.8 Å². The molecule has 0 unspecified atom stereocenters. The van der Waals surface area contributed by atoms with Gasteiger partial charge in [0, 0.05) is 11.1 Å². The Balaban J connectivity index is 0.000000403. The molecule has 0 spiro atoms. The molecule has 0 amide bonds. The zero-order valence-electron chi connectivity index (χ0n) is 13.3. The van der Waals surface area contributed by atoms with Gasteiger partial charge in [0.2, 0.25) is 0 Å². The van der Waals surface area contributed by atoms with Gasteiger partial charge < -0.3 is 12.8 Å². The van der Waals surface area contributed by atoms with Crippen LogP contribution in [-0.2, 0) is 19.5 Å². The molecule has 0 saturated carbocycles. The van der Waals surface area contributed by atoms with Crippen molar-refractivity contribution in [1.29, 1.82) is 0 Å². The van der Waals surface area contributed by atoms with Crippen molar-refractivity contribution >= 4 is 0 Å². The quantitative estimate of drug-likeness (QED) is 0.387. The Morgan fingerprint density at radius 3 is 1.17 bits per heavy atom. The summed E-state index contributed by atoms with van der Waals surface area (Å²) in [5.74, 6) is 14.5. The van der Waals surface area contributed by atoms with Gasteiger partial charge in [0.15, 0.2) is 0 Å². The maximum absolute atomic E-state index is 6.57. The first-order valence-electron chi connectivity index (χ1n) is 6.64. The van der Waals surface area contributed by atoms with E-state index < -0.39 is 0 Å². The maximum atomic E-state index is 6.57. The molecule has 0 aliphatic carbocycles. The fourth-order valence-electron chi connectivity index (χ4n) is 1.48. The zero-order chi connectivity index (χ0) is 16.2. The van der Waals surface area contributed by atoms with Crippen molar-refractivity contribution in [3.05, 3.63) is 83.6 Å². The third-order valence-corrected chi connectivity index (χ3v) is 2.64. The Bertz CT molecular complexity index is 729. The molecule has 0 N–H and O–H groups in total. The van der Waals surface area contributed by atoms with Gasteiger partial charge in [0.25, 0.3) is 0 Å². The smallest absolute Gasteiger partial charge is 0.358 e. The summed E-state index contributed by atoms with van der Waals surface area (Å²) in [6, 6.07) is 15.7. The van der Waals surface area contributed by atoms with Crippen molar-refractivity contribution in [2.24, 2.45) is 0 Å². The number of benzene rings is 2. The van der Waals surface area contributed by atoms with Crippen molar-refractivity contribution in [2.45, 2.75) is 13.8 Å². The van der Waals surface area contributed by atoms with E-state index in [1.165, 1.54) is 11.1 Å². The van der Waals surface area contributed by atoms with E-state index in [-0.39, 0.29) is 19.5 Å². The van der Waals surface area contributed by atoms with Gasteiger partial charge in [0.1, 0.15) is 0 Å². The molecule has 0 fully saturated rings. The summed E-state index contributed by atoms with van der Waals surface area (Å²) in [6.07, 6.45) is 13.1. The first-order chi connectivity index (χ1) is 10.7. The molecule has 2 aromatic carbocycles. The fourth-order valence-corrected chi connectivity index (χ4v) is 1.48. The average Bonchev–Trinajstić information content (AvgIpc) is 2.54. The minimum atomic E-state index is 0. The Morgan fingerprint density at radius 1 is 0.609 bits per heavy atom. The first kappa shape index (κ1) is 20.3. The van der Waals surface area contributed by atoms with Gasteiger partial charge in [-0.1, -0.05) is 35.4 Å². The van der Waals surface area contributed by atoms with E-state index in [1.54, 1.807) is 0 Å². The minimum Gasteiger partial charge on any atom is -0.358 e. The van der Waals surface area contributed by atoms with Crippen molar-refractivity contribution < 1.29 is 19.5 Å². The molecule has 0 aliphatic rings. The van der Waals surface area contributed by atoms with Crippen LogP contribution in [0.15, 0.2) is 48.5 Å². The second-order valence-corrected chi connectivity index (χ2v) is 4.48. The third-order valence-electron chi connectivity index (χ3n) is 2.64. The van der Waals surface area contributed by atoms with Crippen molar-refractivity contribution in [2.75, 3.05) is 0 Å². The molecule has 0 radical (unpaired) electrons. The van der Waals surface area contributed by atoms with Gasteiger partial charge in [-0.2, -0.15) is 11.8 Å². The monoisotopic (exact) mass is 342 g/mol. The fraction of sp³-hybridized carbons (Fsp3) is 0.0909.